The monoisotopic (exact) mass is 418 g/mol. The number of methoxy groups -OCH3 is 1. The fourth-order valence-electron chi connectivity index (χ4n) is 3.52. The number of nitrogens with zero attached hydrogens (tertiary/aromatic N) is 1. The molecule has 2 atom stereocenters. The third kappa shape index (κ3) is 5.24. The number of nitro benzene ring substituents is 1. The molecule has 1 aliphatic rings. The summed E-state index contributed by atoms with van der Waals surface area (Å²) in [6.45, 7) is 5.53. The quantitative estimate of drug-likeness (QED) is 0.271. The zero-order chi connectivity index (χ0) is 22.4. The minimum absolute atomic E-state index is 0.0555. The maximum Gasteiger partial charge on any atom is 0.337 e. The number of aliphatic carboxylic acids is 1. The lowest BCUT2D eigenvalue weighted by Crippen LogP contribution is -2.32. The van der Waals surface area contributed by atoms with Crippen molar-refractivity contribution in [1.82, 2.24) is 5.32 Å². The van der Waals surface area contributed by atoms with Gasteiger partial charge in [0, 0.05) is 37.2 Å². The number of allylic oxidation sites excluding steroid dienone is 2. The van der Waals surface area contributed by atoms with Crippen molar-refractivity contribution in [2.24, 2.45) is 0 Å². The van der Waals surface area contributed by atoms with Gasteiger partial charge >= 0.3 is 11.9 Å². The molecule has 0 aromatic heterocycles. The molecule has 0 radical (unpaired) electrons. The molecule has 0 fully saturated rings. The van der Waals surface area contributed by atoms with Crippen LogP contribution in [-0.4, -0.2) is 41.8 Å². The molecular formula is C21H26N2O7. The highest BCUT2D eigenvalue weighted by molar-refractivity contribution is 5.99. The Balaban J connectivity index is 2.47. The first-order valence-corrected chi connectivity index (χ1v) is 9.53. The van der Waals surface area contributed by atoms with E-state index in [2.05, 4.69) is 5.32 Å². The second-order valence-electron chi connectivity index (χ2n) is 7.14. The average molecular weight is 418 g/mol. The Morgan fingerprint density at radius 3 is 2.53 bits per heavy atom. The number of ether oxygens (including phenoxy) is 2. The summed E-state index contributed by atoms with van der Waals surface area (Å²) in [5, 5.41) is 24.0. The third-order valence-electron chi connectivity index (χ3n) is 4.89. The van der Waals surface area contributed by atoms with E-state index >= 15 is 0 Å². The maximum atomic E-state index is 13.0. The van der Waals surface area contributed by atoms with Gasteiger partial charge in [0.1, 0.15) is 0 Å². The van der Waals surface area contributed by atoms with E-state index in [-0.39, 0.29) is 16.8 Å². The van der Waals surface area contributed by atoms with Crippen molar-refractivity contribution in [3.63, 3.8) is 0 Å². The molecule has 0 amide bonds. The lowest BCUT2D eigenvalue weighted by atomic mass is 9.80. The van der Waals surface area contributed by atoms with E-state index in [0.717, 1.165) is 0 Å². The summed E-state index contributed by atoms with van der Waals surface area (Å²) in [5.41, 5.74) is 1.02. The summed E-state index contributed by atoms with van der Waals surface area (Å²) in [7, 11) is 1.59. The molecule has 0 bridgehead atoms. The highest BCUT2D eigenvalue weighted by Gasteiger charge is 2.38. The van der Waals surface area contributed by atoms with E-state index in [0.29, 0.717) is 36.4 Å². The molecule has 2 rings (SSSR count). The number of hydrogen-bond donors (Lipinski definition) is 2. The normalized spacial score (nSPS) is 17.4. The minimum atomic E-state index is -1.22. The number of nitrogens with one attached hydrogen (secondary N) is 1. The van der Waals surface area contributed by atoms with Crippen LogP contribution in [0.3, 0.4) is 0 Å². The number of carbonyl (C=O) groups excluding carboxylic acids is 1. The largest absolute Gasteiger partial charge is 0.478 e. The van der Waals surface area contributed by atoms with Crippen LogP contribution in [0.4, 0.5) is 5.69 Å². The molecule has 30 heavy (non-hydrogen) atoms. The van der Waals surface area contributed by atoms with Gasteiger partial charge in [-0.25, -0.2) is 9.59 Å². The topological polar surface area (TPSA) is 128 Å². The molecule has 1 aromatic rings. The summed E-state index contributed by atoms with van der Waals surface area (Å²) in [4.78, 5) is 35.7. The van der Waals surface area contributed by atoms with Crippen molar-refractivity contribution in [2.45, 2.75) is 45.6 Å². The molecule has 0 saturated carbocycles. The van der Waals surface area contributed by atoms with Crippen LogP contribution < -0.4 is 5.32 Å². The van der Waals surface area contributed by atoms with Crippen molar-refractivity contribution < 1.29 is 29.1 Å². The molecule has 9 nitrogen and oxygen atoms in total. The predicted molar refractivity (Wildman–Crippen MR) is 109 cm³/mol. The number of carboxylic acid groups (broad SMARTS) is 1. The lowest BCUT2D eigenvalue weighted by Gasteiger charge is -2.30. The minimum Gasteiger partial charge on any atom is -0.478 e. The van der Waals surface area contributed by atoms with E-state index in [9.17, 15) is 24.8 Å². The van der Waals surface area contributed by atoms with Crippen LogP contribution in [0.1, 0.15) is 45.1 Å². The first kappa shape index (κ1) is 23.1. The number of non-ortho nitro benzene ring substituents is 1. The van der Waals surface area contributed by atoms with Crippen LogP contribution in [0.5, 0.6) is 0 Å². The van der Waals surface area contributed by atoms with Crippen molar-refractivity contribution in [1.29, 1.82) is 0 Å². The number of carboxylic acids is 1. The number of hydrogen-bond acceptors (Lipinski definition) is 7. The highest BCUT2D eigenvalue weighted by Crippen LogP contribution is 2.39. The lowest BCUT2D eigenvalue weighted by molar-refractivity contribution is -0.384. The molecule has 2 N–H and O–H groups in total. The number of nitro groups is 1. The molecule has 2 unspecified atom stereocenters. The third-order valence-corrected chi connectivity index (χ3v) is 4.89. The standard InChI is InChI=1S/C21H26N2O7/c1-12(7-6-10-29-4)30-21(26)18-14(3)22-13(2)17(20(24)25)19(18)15-8-5-9-16(11-15)23(27)28/h5,8-9,11-12,19,22H,6-7,10H2,1-4H3,(H,24,25). The smallest absolute Gasteiger partial charge is 0.337 e. The molecule has 1 aliphatic heterocycles. The van der Waals surface area contributed by atoms with Crippen LogP contribution in [0, 0.1) is 10.1 Å². The SMILES string of the molecule is COCCCC(C)OC(=O)C1=C(C)NC(C)=C(C(=O)O)C1c1cccc([N+](=O)[O-])c1. The Hall–Kier alpha value is -3.20. The van der Waals surface area contributed by atoms with E-state index in [1.807, 2.05) is 0 Å². The van der Waals surface area contributed by atoms with Crippen molar-refractivity contribution in [3.8, 4) is 0 Å². The van der Waals surface area contributed by atoms with Crippen LogP contribution >= 0.6 is 0 Å². The van der Waals surface area contributed by atoms with Crippen molar-refractivity contribution >= 4 is 17.6 Å². The van der Waals surface area contributed by atoms with Crippen molar-refractivity contribution in [2.75, 3.05) is 13.7 Å². The number of benzene rings is 1. The summed E-state index contributed by atoms with van der Waals surface area (Å²) in [6, 6.07) is 5.64. The molecule has 1 heterocycles. The first-order chi connectivity index (χ1) is 14.2. The molecule has 1 aromatic carbocycles. The average Bonchev–Trinajstić information content (AvgIpc) is 2.67. The van der Waals surface area contributed by atoms with Crippen LogP contribution in [0.25, 0.3) is 0 Å². The number of dihydropyridines is 1. The van der Waals surface area contributed by atoms with Gasteiger partial charge in [0.25, 0.3) is 5.69 Å². The number of carbonyl (C=O) groups is 2. The number of esters is 1. The fourth-order valence-corrected chi connectivity index (χ4v) is 3.52. The molecular weight excluding hydrogens is 392 g/mol. The van der Waals surface area contributed by atoms with Crippen LogP contribution in [0.2, 0.25) is 0 Å². The Kier molecular flexibility index (Phi) is 7.71. The predicted octanol–water partition coefficient (Wildman–Crippen LogP) is 3.27. The Morgan fingerprint density at radius 2 is 1.93 bits per heavy atom. The van der Waals surface area contributed by atoms with E-state index in [4.69, 9.17) is 9.47 Å². The van der Waals surface area contributed by atoms with E-state index in [1.54, 1.807) is 33.9 Å². The summed E-state index contributed by atoms with van der Waals surface area (Å²) in [5.74, 6) is -2.88. The molecule has 0 spiro atoms. The summed E-state index contributed by atoms with van der Waals surface area (Å²) >= 11 is 0. The van der Waals surface area contributed by atoms with Gasteiger partial charge in [0.05, 0.1) is 28.1 Å². The molecule has 0 saturated heterocycles. The Labute approximate surface area is 174 Å². The van der Waals surface area contributed by atoms with Gasteiger partial charge in [-0.3, -0.25) is 10.1 Å². The van der Waals surface area contributed by atoms with Gasteiger partial charge < -0.3 is 19.9 Å². The highest BCUT2D eigenvalue weighted by atomic mass is 16.6. The van der Waals surface area contributed by atoms with Gasteiger partial charge in [-0.15, -0.1) is 0 Å². The first-order valence-electron chi connectivity index (χ1n) is 9.53. The van der Waals surface area contributed by atoms with Gasteiger partial charge in [-0.1, -0.05) is 12.1 Å². The van der Waals surface area contributed by atoms with E-state index < -0.39 is 28.9 Å². The van der Waals surface area contributed by atoms with Gasteiger partial charge in [0.15, 0.2) is 0 Å². The zero-order valence-electron chi connectivity index (χ0n) is 17.4. The van der Waals surface area contributed by atoms with Gasteiger partial charge in [0.2, 0.25) is 0 Å². The zero-order valence-corrected chi connectivity index (χ0v) is 17.4. The van der Waals surface area contributed by atoms with Crippen molar-refractivity contribution in [3.05, 3.63) is 62.5 Å². The second kappa shape index (κ2) is 10.0. The van der Waals surface area contributed by atoms with E-state index in [1.165, 1.54) is 18.2 Å². The van der Waals surface area contributed by atoms with Crippen LogP contribution in [0.15, 0.2) is 46.8 Å². The molecule has 9 heteroatoms. The van der Waals surface area contributed by atoms with Gasteiger partial charge in [-0.05, 0) is 39.2 Å². The summed E-state index contributed by atoms with van der Waals surface area (Å²) in [6.07, 6.45) is 0.884. The number of rotatable bonds is 9. The Morgan fingerprint density at radius 1 is 1.27 bits per heavy atom. The fraction of sp³-hybridized carbons (Fsp3) is 0.429. The molecule has 0 aliphatic carbocycles. The summed E-state index contributed by atoms with van der Waals surface area (Å²) < 4.78 is 10.6. The van der Waals surface area contributed by atoms with Gasteiger partial charge in [-0.2, -0.15) is 0 Å². The maximum absolute atomic E-state index is 13.0. The Bertz CT molecular complexity index is 904. The van der Waals surface area contributed by atoms with Crippen LogP contribution in [-0.2, 0) is 19.1 Å². The molecule has 162 valence electrons. The second-order valence-corrected chi connectivity index (χ2v) is 7.14.